The number of hydrogen-bond donors (Lipinski definition) is 1. The van der Waals surface area contributed by atoms with E-state index in [2.05, 4.69) is 5.32 Å². The lowest BCUT2D eigenvalue weighted by molar-refractivity contribution is 0.00953. The molecule has 1 saturated carbocycles. The summed E-state index contributed by atoms with van der Waals surface area (Å²) in [4.78, 5) is 14.1. The van der Waals surface area contributed by atoms with Gasteiger partial charge in [-0.2, -0.15) is 0 Å². The highest BCUT2D eigenvalue weighted by atomic mass is 16.6. The highest BCUT2D eigenvalue weighted by Gasteiger charge is 2.33. The third kappa shape index (κ3) is 4.16. The van der Waals surface area contributed by atoms with Crippen LogP contribution in [-0.2, 0) is 4.74 Å². The van der Waals surface area contributed by atoms with E-state index < -0.39 is 5.60 Å². The van der Waals surface area contributed by atoms with Crippen LogP contribution in [0, 0.1) is 0 Å². The van der Waals surface area contributed by atoms with E-state index in [-0.39, 0.29) is 12.1 Å². The van der Waals surface area contributed by atoms with Crippen LogP contribution in [0.3, 0.4) is 0 Å². The summed E-state index contributed by atoms with van der Waals surface area (Å²) in [6, 6.07) is 0.662. The van der Waals surface area contributed by atoms with E-state index in [1.165, 1.54) is 12.8 Å². The summed E-state index contributed by atoms with van der Waals surface area (Å²) in [6.07, 6.45) is 4.46. The Morgan fingerprint density at radius 2 is 1.94 bits per heavy atom. The van der Waals surface area contributed by atoms with Gasteiger partial charge in [-0.1, -0.05) is 12.8 Å². The molecular weight excluding hydrogens is 228 g/mol. The molecular formula is C14H28N2O2. The van der Waals surface area contributed by atoms with Crippen LogP contribution in [0.4, 0.5) is 4.79 Å². The zero-order valence-electron chi connectivity index (χ0n) is 12.5. The van der Waals surface area contributed by atoms with E-state index in [0.717, 1.165) is 12.8 Å². The maximum atomic E-state index is 12.2. The number of carbonyl (C=O) groups is 1. The average molecular weight is 256 g/mol. The molecule has 0 bridgehead atoms. The summed E-state index contributed by atoms with van der Waals surface area (Å²) >= 11 is 0. The van der Waals surface area contributed by atoms with Gasteiger partial charge in [0.25, 0.3) is 0 Å². The van der Waals surface area contributed by atoms with Gasteiger partial charge in [0, 0.05) is 12.6 Å². The van der Waals surface area contributed by atoms with Crippen molar-refractivity contribution >= 4 is 6.09 Å². The van der Waals surface area contributed by atoms with Crippen LogP contribution >= 0.6 is 0 Å². The van der Waals surface area contributed by atoms with Crippen molar-refractivity contribution in [3.05, 3.63) is 0 Å². The second-order valence-electron chi connectivity index (χ2n) is 6.01. The summed E-state index contributed by atoms with van der Waals surface area (Å²) in [6.45, 7) is 8.46. The maximum Gasteiger partial charge on any atom is 0.410 e. The molecule has 106 valence electrons. The molecule has 1 aliphatic carbocycles. The summed E-state index contributed by atoms with van der Waals surface area (Å²) in [5.74, 6) is 0. The van der Waals surface area contributed by atoms with Crippen LogP contribution in [0.25, 0.3) is 0 Å². The van der Waals surface area contributed by atoms with Gasteiger partial charge in [-0.05, 0) is 47.6 Å². The second-order valence-corrected chi connectivity index (χ2v) is 6.01. The van der Waals surface area contributed by atoms with Gasteiger partial charge in [-0.3, -0.25) is 0 Å². The Morgan fingerprint density at radius 3 is 2.44 bits per heavy atom. The van der Waals surface area contributed by atoms with Crippen molar-refractivity contribution in [2.45, 2.75) is 71.1 Å². The highest BCUT2D eigenvalue weighted by Crippen LogP contribution is 2.24. The van der Waals surface area contributed by atoms with Crippen LogP contribution in [0.2, 0.25) is 0 Å². The molecule has 1 rings (SSSR count). The lowest BCUT2D eigenvalue weighted by Crippen LogP contribution is -2.53. The molecule has 4 heteroatoms. The minimum Gasteiger partial charge on any atom is -0.444 e. The van der Waals surface area contributed by atoms with Gasteiger partial charge in [0.2, 0.25) is 0 Å². The third-order valence-electron chi connectivity index (χ3n) is 3.47. The van der Waals surface area contributed by atoms with Crippen molar-refractivity contribution in [1.29, 1.82) is 0 Å². The predicted molar refractivity (Wildman–Crippen MR) is 73.7 cm³/mol. The van der Waals surface area contributed by atoms with Gasteiger partial charge in [-0.25, -0.2) is 4.79 Å². The van der Waals surface area contributed by atoms with Crippen molar-refractivity contribution in [3.63, 3.8) is 0 Å². The minimum absolute atomic E-state index is 0.183. The van der Waals surface area contributed by atoms with Gasteiger partial charge >= 0.3 is 6.09 Å². The minimum atomic E-state index is -0.422. The Hall–Kier alpha value is -0.770. The lowest BCUT2D eigenvalue weighted by Gasteiger charge is -2.39. The fourth-order valence-corrected chi connectivity index (χ4v) is 2.64. The van der Waals surface area contributed by atoms with E-state index in [1.807, 2.05) is 39.6 Å². The lowest BCUT2D eigenvalue weighted by atomic mass is 9.89. The molecule has 4 nitrogen and oxygen atoms in total. The predicted octanol–water partition coefficient (Wildman–Crippen LogP) is 2.77. The normalized spacial score (nSPS) is 24.7. The van der Waals surface area contributed by atoms with E-state index in [9.17, 15) is 4.79 Å². The molecule has 18 heavy (non-hydrogen) atoms. The first-order valence-electron chi connectivity index (χ1n) is 7.06. The number of amides is 1. The van der Waals surface area contributed by atoms with Gasteiger partial charge in [-0.15, -0.1) is 0 Å². The van der Waals surface area contributed by atoms with Gasteiger partial charge in [0.1, 0.15) is 5.60 Å². The van der Waals surface area contributed by atoms with E-state index in [0.29, 0.717) is 12.6 Å². The van der Waals surface area contributed by atoms with Gasteiger partial charge < -0.3 is 15.0 Å². The number of ether oxygens (including phenoxy) is 1. The number of likely N-dealkylation sites (N-methyl/N-ethyl adjacent to an activating group) is 2. The molecule has 0 aromatic heterocycles. The highest BCUT2D eigenvalue weighted by molar-refractivity contribution is 5.68. The van der Waals surface area contributed by atoms with Crippen LogP contribution in [0.15, 0.2) is 0 Å². The number of nitrogens with one attached hydrogen (secondary N) is 1. The first-order chi connectivity index (χ1) is 8.39. The quantitative estimate of drug-likeness (QED) is 0.844. The molecule has 0 aliphatic heterocycles. The molecule has 1 amide bonds. The standard InChI is InChI=1S/C14H28N2O2/c1-6-16(13(17)18-14(2,3)4)12-10-8-7-9-11(12)15-5/h11-12,15H,6-10H2,1-5H3/t11-,12-/m1/s1. The summed E-state index contributed by atoms with van der Waals surface area (Å²) in [5.41, 5.74) is -0.422. The first kappa shape index (κ1) is 15.3. The zero-order chi connectivity index (χ0) is 13.8. The van der Waals surface area contributed by atoms with Crippen molar-refractivity contribution in [2.75, 3.05) is 13.6 Å². The summed E-state index contributed by atoms with van der Waals surface area (Å²) < 4.78 is 5.50. The SMILES string of the molecule is CCN(C(=O)OC(C)(C)C)[C@@H]1CCCC[C@H]1NC. The molecule has 0 spiro atoms. The van der Waals surface area contributed by atoms with E-state index in [4.69, 9.17) is 4.74 Å². The summed E-state index contributed by atoms with van der Waals surface area (Å²) in [5, 5.41) is 3.34. The van der Waals surface area contributed by atoms with Crippen LogP contribution in [-0.4, -0.2) is 42.3 Å². The molecule has 0 unspecified atom stereocenters. The topological polar surface area (TPSA) is 41.6 Å². The second kappa shape index (κ2) is 6.41. The largest absolute Gasteiger partial charge is 0.444 e. The van der Waals surface area contributed by atoms with Crippen LogP contribution in [0.1, 0.15) is 53.4 Å². The first-order valence-corrected chi connectivity index (χ1v) is 7.06. The fraction of sp³-hybridized carbons (Fsp3) is 0.929. The molecule has 0 aromatic carbocycles. The van der Waals surface area contributed by atoms with E-state index in [1.54, 1.807) is 0 Å². The molecule has 1 fully saturated rings. The Bertz CT molecular complexity index is 273. The zero-order valence-corrected chi connectivity index (χ0v) is 12.5. The summed E-state index contributed by atoms with van der Waals surface area (Å²) in [7, 11) is 1.98. The Kier molecular flexibility index (Phi) is 5.45. The Labute approximate surface area is 111 Å². The third-order valence-corrected chi connectivity index (χ3v) is 3.47. The Morgan fingerprint density at radius 1 is 1.33 bits per heavy atom. The Balaban J connectivity index is 2.71. The van der Waals surface area contributed by atoms with Crippen LogP contribution in [0.5, 0.6) is 0 Å². The van der Waals surface area contributed by atoms with Crippen molar-refractivity contribution in [2.24, 2.45) is 0 Å². The number of hydrogen-bond acceptors (Lipinski definition) is 3. The molecule has 0 saturated heterocycles. The molecule has 0 radical (unpaired) electrons. The number of carbonyl (C=O) groups excluding carboxylic acids is 1. The number of nitrogens with zero attached hydrogens (tertiary/aromatic N) is 1. The molecule has 1 aliphatic rings. The molecule has 1 N–H and O–H groups in total. The average Bonchev–Trinajstić information content (AvgIpc) is 2.28. The molecule has 0 heterocycles. The maximum absolute atomic E-state index is 12.2. The van der Waals surface area contributed by atoms with Crippen molar-refractivity contribution < 1.29 is 9.53 Å². The molecule has 0 aromatic rings. The fourth-order valence-electron chi connectivity index (χ4n) is 2.64. The van der Waals surface area contributed by atoms with Crippen LogP contribution < -0.4 is 5.32 Å². The molecule has 2 atom stereocenters. The monoisotopic (exact) mass is 256 g/mol. The smallest absolute Gasteiger partial charge is 0.410 e. The van der Waals surface area contributed by atoms with Crippen molar-refractivity contribution in [1.82, 2.24) is 10.2 Å². The number of rotatable bonds is 3. The van der Waals surface area contributed by atoms with Gasteiger partial charge in [0.15, 0.2) is 0 Å². The van der Waals surface area contributed by atoms with Crippen molar-refractivity contribution in [3.8, 4) is 0 Å². The van der Waals surface area contributed by atoms with Gasteiger partial charge in [0.05, 0.1) is 6.04 Å². The van der Waals surface area contributed by atoms with E-state index >= 15 is 0 Å².